The van der Waals surface area contributed by atoms with Gasteiger partial charge in [-0.1, -0.05) is 26.8 Å². The normalized spacial score (nSPS) is 21.3. The number of aliphatic hydroxyl groups excluding tert-OH is 1. The molecule has 0 spiro atoms. The van der Waals surface area contributed by atoms with E-state index in [1.807, 2.05) is 19.2 Å². The number of nitrogens with one attached hydrogen (secondary N) is 1. The van der Waals surface area contributed by atoms with Gasteiger partial charge < -0.3 is 25.6 Å². The number of hydrazone groups is 1. The molecule has 2 aliphatic heterocycles. The average molecular weight is 538 g/mol. The third kappa shape index (κ3) is 4.76. The largest absolute Gasteiger partial charge is 0.368 e. The van der Waals surface area contributed by atoms with E-state index in [1.54, 1.807) is 0 Å². The fourth-order valence-corrected chi connectivity index (χ4v) is 5.24. The number of amides is 1. The molecule has 206 valence electrons. The van der Waals surface area contributed by atoms with E-state index in [0.29, 0.717) is 18.8 Å². The Hall–Kier alpha value is -3.83. The Morgan fingerprint density at radius 2 is 1.95 bits per heavy atom. The van der Waals surface area contributed by atoms with E-state index in [-0.39, 0.29) is 17.2 Å². The van der Waals surface area contributed by atoms with Crippen molar-refractivity contribution in [3.63, 3.8) is 0 Å². The standard InChI is InChI=1S/C28H33F2N7O2/c1-5-28(31)13-14-36(15-28)25-19(9-11-21-23(25)33-26(16(2)3)35(21)4)32-27(39)20-10-12-22(38)37(34-20)24-17(29)7-6-8-18(24)30/h6-12,16,22,38H,5,13-15,31H2,1-4H3,(H,32,39)/t22?,28-/m0/s1. The number of anilines is 3. The first kappa shape index (κ1) is 26.8. The number of nitrogens with two attached hydrogens (primary N) is 1. The molecule has 5 rings (SSSR count). The van der Waals surface area contributed by atoms with Gasteiger partial charge in [0.1, 0.15) is 22.7 Å². The third-order valence-electron chi connectivity index (χ3n) is 7.52. The molecular formula is C28H33F2N7O2. The van der Waals surface area contributed by atoms with Crippen LogP contribution in [-0.2, 0) is 11.8 Å². The van der Waals surface area contributed by atoms with Crippen molar-refractivity contribution in [2.75, 3.05) is 28.3 Å². The van der Waals surface area contributed by atoms with Crippen LogP contribution >= 0.6 is 0 Å². The van der Waals surface area contributed by atoms with Crippen LogP contribution in [-0.4, -0.2) is 51.1 Å². The number of fused-ring (bicyclic) bond motifs is 1. The highest BCUT2D eigenvalue weighted by Crippen LogP contribution is 2.39. The summed E-state index contributed by atoms with van der Waals surface area (Å²) in [6.07, 6.45) is 2.73. The van der Waals surface area contributed by atoms with Crippen LogP contribution in [0, 0.1) is 11.6 Å². The van der Waals surface area contributed by atoms with Crippen molar-refractivity contribution in [1.82, 2.24) is 9.55 Å². The van der Waals surface area contributed by atoms with Gasteiger partial charge in [0.05, 0.1) is 16.9 Å². The number of hydrogen-bond donors (Lipinski definition) is 3. The van der Waals surface area contributed by atoms with Gasteiger partial charge in [-0.2, -0.15) is 5.10 Å². The number of carbonyl (C=O) groups excluding carboxylic acids is 1. The van der Waals surface area contributed by atoms with Crippen LogP contribution in [0.4, 0.5) is 25.8 Å². The van der Waals surface area contributed by atoms with Crippen molar-refractivity contribution in [3.8, 4) is 0 Å². The Morgan fingerprint density at radius 1 is 1.23 bits per heavy atom. The Labute approximate surface area is 225 Å². The van der Waals surface area contributed by atoms with Gasteiger partial charge in [-0.15, -0.1) is 0 Å². The van der Waals surface area contributed by atoms with Crippen molar-refractivity contribution >= 4 is 39.7 Å². The molecule has 2 atom stereocenters. The van der Waals surface area contributed by atoms with Gasteiger partial charge in [0.15, 0.2) is 17.9 Å². The van der Waals surface area contributed by atoms with Crippen LogP contribution in [0.25, 0.3) is 11.0 Å². The third-order valence-corrected chi connectivity index (χ3v) is 7.52. The molecule has 3 aromatic rings. The lowest BCUT2D eigenvalue weighted by molar-refractivity contribution is -0.110. The predicted octanol–water partition coefficient (Wildman–Crippen LogP) is 3.98. The lowest BCUT2D eigenvalue weighted by atomic mass is 9.97. The minimum Gasteiger partial charge on any atom is -0.368 e. The van der Waals surface area contributed by atoms with E-state index < -0.39 is 29.5 Å². The highest BCUT2D eigenvalue weighted by Gasteiger charge is 2.36. The number of aryl methyl sites for hydroxylation is 1. The summed E-state index contributed by atoms with van der Waals surface area (Å²) in [6, 6.07) is 7.05. The number of imidazole rings is 1. The molecule has 9 nitrogen and oxygen atoms in total. The molecule has 1 aromatic heterocycles. The fraction of sp³-hybridized carbons (Fsp3) is 0.393. The zero-order chi connectivity index (χ0) is 28.1. The minimum atomic E-state index is -1.45. The molecule has 11 heteroatoms. The molecule has 39 heavy (non-hydrogen) atoms. The van der Waals surface area contributed by atoms with Crippen LogP contribution in [0.5, 0.6) is 0 Å². The van der Waals surface area contributed by atoms with E-state index in [0.717, 1.165) is 52.5 Å². The minimum absolute atomic E-state index is 0.124. The predicted molar refractivity (Wildman–Crippen MR) is 149 cm³/mol. The number of hydrogen-bond acceptors (Lipinski definition) is 7. The summed E-state index contributed by atoms with van der Waals surface area (Å²) >= 11 is 0. The van der Waals surface area contributed by atoms with Gasteiger partial charge in [-0.3, -0.25) is 4.79 Å². The van der Waals surface area contributed by atoms with E-state index >= 15 is 0 Å². The van der Waals surface area contributed by atoms with Gasteiger partial charge in [-0.25, -0.2) is 18.8 Å². The molecule has 0 aliphatic carbocycles. The summed E-state index contributed by atoms with van der Waals surface area (Å²) in [6.45, 7) is 7.53. The summed E-state index contributed by atoms with van der Waals surface area (Å²) in [5.41, 5.74) is 8.56. The highest BCUT2D eigenvalue weighted by atomic mass is 19.1. The molecule has 1 saturated heterocycles. The van der Waals surface area contributed by atoms with E-state index in [4.69, 9.17) is 10.7 Å². The molecule has 1 fully saturated rings. The van der Waals surface area contributed by atoms with Gasteiger partial charge in [0.25, 0.3) is 5.91 Å². The van der Waals surface area contributed by atoms with Crippen molar-refractivity contribution in [2.24, 2.45) is 17.9 Å². The molecule has 2 aromatic carbocycles. The molecule has 0 radical (unpaired) electrons. The van der Waals surface area contributed by atoms with Gasteiger partial charge in [-0.05, 0) is 49.3 Å². The summed E-state index contributed by atoms with van der Waals surface area (Å²) in [5, 5.41) is 18.1. The van der Waals surface area contributed by atoms with Crippen molar-refractivity contribution in [3.05, 3.63) is 59.9 Å². The first-order valence-corrected chi connectivity index (χ1v) is 13.1. The molecule has 2 aliphatic rings. The monoisotopic (exact) mass is 537 g/mol. The van der Waals surface area contributed by atoms with Gasteiger partial charge >= 0.3 is 0 Å². The summed E-state index contributed by atoms with van der Waals surface area (Å²) in [4.78, 5) is 20.5. The maximum absolute atomic E-state index is 14.4. The number of carbonyl (C=O) groups is 1. The first-order chi connectivity index (χ1) is 18.5. The second-order valence-corrected chi connectivity index (χ2v) is 10.5. The SMILES string of the molecule is CC[C@]1(N)CCN(c2c(NC(=O)C3=NN(c4c(F)cccc4F)C(O)C=C3)ccc3c2nc(C(C)C)n3C)C1. The lowest BCUT2D eigenvalue weighted by Crippen LogP contribution is -2.42. The molecule has 0 saturated carbocycles. The number of aromatic nitrogens is 2. The Balaban J connectivity index is 1.54. The van der Waals surface area contributed by atoms with Crippen molar-refractivity contribution in [1.29, 1.82) is 0 Å². The van der Waals surface area contributed by atoms with Crippen LogP contribution in [0.15, 0.2) is 47.6 Å². The number of benzene rings is 2. The zero-order valence-corrected chi connectivity index (χ0v) is 22.4. The number of halogens is 2. The first-order valence-electron chi connectivity index (χ1n) is 13.1. The second-order valence-electron chi connectivity index (χ2n) is 10.5. The highest BCUT2D eigenvalue weighted by molar-refractivity contribution is 6.47. The number of rotatable bonds is 6. The molecule has 1 unspecified atom stereocenters. The molecule has 4 N–H and O–H groups in total. The maximum atomic E-state index is 14.4. The van der Waals surface area contributed by atoms with Crippen LogP contribution in [0.1, 0.15) is 45.4 Å². The lowest BCUT2D eigenvalue weighted by Gasteiger charge is -2.28. The maximum Gasteiger partial charge on any atom is 0.276 e. The van der Waals surface area contributed by atoms with Crippen LogP contribution in [0.2, 0.25) is 0 Å². The molecule has 0 bridgehead atoms. The van der Waals surface area contributed by atoms with Gasteiger partial charge in [0, 0.05) is 31.6 Å². The average Bonchev–Trinajstić information content (AvgIpc) is 3.45. The molecular weight excluding hydrogens is 504 g/mol. The van der Waals surface area contributed by atoms with Crippen LogP contribution < -0.4 is 21.0 Å². The van der Waals surface area contributed by atoms with E-state index in [9.17, 15) is 18.7 Å². The Bertz CT molecular complexity index is 1480. The van der Waals surface area contributed by atoms with Gasteiger partial charge in [0.2, 0.25) is 0 Å². The summed E-state index contributed by atoms with van der Waals surface area (Å²) in [5.74, 6) is -1.32. The quantitative estimate of drug-likeness (QED) is 0.439. The zero-order valence-electron chi connectivity index (χ0n) is 22.4. The Kier molecular flexibility index (Phi) is 6.90. The van der Waals surface area contributed by atoms with Crippen LogP contribution in [0.3, 0.4) is 0 Å². The number of para-hydroxylation sites is 1. The number of aliphatic hydroxyl groups is 1. The van der Waals surface area contributed by atoms with Crippen molar-refractivity contribution < 1.29 is 18.7 Å². The smallest absolute Gasteiger partial charge is 0.276 e. The number of nitrogens with zero attached hydrogens (tertiary/aromatic N) is 5. The molecule has 1 amide bonds. The fourth-order valence-electron chi connectivity index (χ4n) is 5.24. The summed E-state index contributed by atoms with van der Waals surface area (Å²) < 4.78 is 30.9. The topological polar surface area (TPSA) is 112 Å². The summed E-state index contributed by atoms with van der Waals surface area (Å²) in [7, 11) is 1.97. The van der Waals surface area contributed by atoms with E-state index in [2.05, 4.69) is 40.7 Å². The second kappa shape index (κ2) is 10.0. The molecule has 3 heterocycles. The van der Waals surface area contributed by atoms with E-state index in [1.165, 1.54) is 18.2 Å². The van der Waals surface area contributed by atoms with Crippen molar-refractivity contribution in [2.45, 2.75) is 51.3 Å². The Morgan fingerprint density at radius 3 is 2.59 bits per heavy atom.